The summed E-state index contributed by atoms with van der Waals surface area (Å²) in [7, 11) is 0. The van der Waals surface area contributed by atoms with Crippen LogP contribution in [-0.2, 0) is 28.6 Å². The van der Waals surface area contributed by atoms with Crippen molar-refractivity contribution in [2.75, 3.05) is 13.2 Å². The SMILES string of the molecule is CC/C=C\C/C=C\C/C=C\C/C=C\C/C=C\CCCC(=O)OC[C@H](COC(=O)CCCCCCCCCCCCCCCCC)OC(=O)CCCCCC/C=C\C/C=C\C/C=C\CCCCC. The molecule has 0 fully saturated rings. The number of unbranched alkanes of at least 4 members (excludes halogenated alkanes) is 22. The molecule has 6 nitrogen and oxygen atoms in total. The highest BCUT2D eigenvalue weighted by molar-refractivity contribution is 5.71. The summed E-state index contributed by atoms with van der Waals surface area (Å²) < 4.78 is 16.8. The molecule has 0 heterocycles. The summed E-state index contributed by atoms with van der Waals surface area (Å²) in [5, 5.41) is 0. The van der Waals surface area contributed by atoms with Crippen LogP contribution in [-0.4, -0.2) is 37.2 Å². The minimum atomic E-state index is -0.812. The summed E-state index contributed by atoms with van der Waals surface area (Å²) >= 11 is 0. The molecule has 6 heteroatoms. The molecular formula is C61H102O6. The summed E-state index contributed by atoms with van der Waals surface area (Å²) in [6.07, 6.45) is 72.5. The van der Waals surface area contributed by atoms with E-state index in [2.05, 4.69) is 118 Å². The van der Waals surface area contributed by atoms with Crippen LogP contribution in [0.25, 0.3) is 0 Å². The monoisotopic (exact) mass is 931 g/mol. The molecule has 0 aromatic carbocycles. The number of ether oxygens (including phenoxy) is 3. The maximum absolute atomic E-state index is 12.8. The van der Waals surface area contributed by atoms with Crippen LogP contribution in [0.2, 0.25) is 0 Å². The Morgan fingerprint density at radius 3 is 1.00 bits per heavy atom. The molecule has 0 aromatic rings. The molecule has 0 N–H and O–H groups in total. The van der Waals surface area contributed by atoms with Crippen LogP contribution in [0.1, 0.15) is 252 Å². The zero-order valence-corrected chi connectivity index (χ0v) is 43.6. The molecule has 0 radical (unpaired) electrons. The fourth-order valence-electron chi connectivity index (χ4n) is 7.43. The van der Waals surface area contributed by atoms with Crippen LogP contribution < -0.4 is 0 Å². The number of carbonyl (C=O) groups excluding carboxylic acids is 3. The highest BCUT2D eigenvalue weighted by Gasteiger charge is 2.19. The zero-order valence-electron chi connectivity index (χ0n) is 43.6. The molecule has 0 amide bonds. The van der Waals surface area contributed by atoms with Gasteiger partial charge < -0.3 is 14.2 Å². The van der Waals surface area contributed by atoms with E-state index in [1.54, 1.807) is 0 Å². The highest BCUT2D eigenvalue weighted by Crippen LogP contribution is 2.15. The van der Waals surface area contributed by atoms with Gasteiger partial charge in [-0.25, -0.2) is 0 Å². The van der Waals surface area contributed by atoms with Crippen LogP contribution >= 0.6 is 0 Å². The molecule has 382 valence electrons. The Kier molecular flexibility index (Phi) is 51.9. The van der Waals surface area contributed by atoms with Gasteiger partial charge in [0.25, 0.3) is 0 Å². The third-order valence-corrected chi connectivity index (χ3v) is 11.6. The van der Waals surface area contributed by atoms with E-state index in [1.165, 1.54) is 103 Å². The Morgan fingerprint density at radius 2 is 0.597 bits per heavy atom. The zero-order chi connectivity index (χ0) is 48.6. The summed E-state index contributed by atoms with van der Waals surface area (Å²) in [6, 6.07) is 0. The molecule has 0 saturated heterocycles. The lowest BCUT2D eigenvalue weighted by Crippen LogP contribution is -2.30. The van der Waals surface area contributed by atoms with Crippen LogP contribution in [0, 0.1) is 0 Å². The molecule has 0 aliphatic heterocycles. The van der Waals surface area contributed by atoms with Gasteiger partial charge in [0.1, 0.15) is 13.2 Å². The summed E-state index contributed by atoms with van der Waals surface area (Å²) in [4.78, 5) is 38.1. The lowest BCUT2D eigenvalue weighted by atomic mass is 10.0. The van der Waals surface area contributed by atoms with E-state index in [0.717, 1.165) is 103 Å². The van der Waals surface area contributed by atoms with Gasteiger partial charge in [0.15, 0.2) is 6.10 Å². The topological polar surface area (TPSA) is 78.9 Å². The molecule has 0 saturated carbocycles. The number of hydrogen-bond donors (Lipinski definition) is 0. The minimum Gasteiger partial charge on any atom is -0.462 e. The normalized spacial score (nSPS) is 12.8. The van der Waals surface area contributed by atoms with E-state index in [-0.39, 0.29) is 37.5 Å². The maximum atomic E-state index is 12.8. The lowest BCUT2D eigenvalue weighted by Gasteiger charge is -2.18. The van der Waals surface area contributed by atoms with Gasteiger partial charge in [-0.1, -0.05) is 234 Å². The smallest absolute Gasteiger partial charge is 0.306 e. The largest absolute Gasteiger partial charge is 0.462 e. The fourth-order valence-corrected chi connectivity index (χ4v) is 7.43. The van der Waals surface area contributed by atoms with Gasteiger partial charge in [-0.2, -0.15) is 0 Å². The number of rotatable bonds is 49. The van der Waals surface area contributed by atoms with E-state index in [4.69, 9.17) is 14.2 Å². The van der Waals surface area contributed by atoms with Crippen LogP contribution in [0.4, 0.5) is 0 Å². The first-order valence-electron chi connectivity index (χ1n) is 27.7. The van der Waals surface area contributed by atoms with Gasteiger partial charge in [-0.05, 0) is 96.3 Å². The van der Waals surface area contributed by atoms with Gasteiger partial charge in [0, 0.05) is 19.3 Å². The third-order valence-electron chi connectivity index (χ3n) is 11.6. The Bertz CT molecular complexity index is 1350. The predicted octanol–water partition coefficient (Wildman–Crippen LogP) is 18.5. The van der Waals surface area contributed by atoms with Crippen molar-refractivity contribution in [2.45, 2.75) is 258 Å². The molecule has 0 aliphatic rings. The Hall–Kier alpha value is -3.67. The van der Waals surface area contributed by atoms with E-state index < -0.39 is 6.10 Å². The number of esters is 3. The van der Waals surface area contributed by atoms with Gasteiger partial charge >= 0.3 is 17.9 Å². The summed E-state index contributed by atoms with van der Waals surface area (Å²) in [6.45, 7) is 6.44. The van der Waals surface area contributed by atoms with E-state index in [1.807, 2.05) is 0 Å². The quantitative estimate of drug-likeness (QED) is 0.0262. The van der Waals surface area contributed by atoms with Crippen LogP contribution in [0.5, 0.6) is 0 Å². The molecule has 0 spiro atoms. The van der Waals surface area contributed by atoms with Gasteiger partial charge in [-0.3, -0.25) is 14.4 Å². The average Bonchev–Trinajstić information content (AvgIpc) is 3.33. The molecule has 67 heavy (non-hydrogen) atoms. The van der Waals surface area contributed by atoms with Crippen molar-refractivity contribution in [2.24, 2.45) is 0 Å². The molecule has 0 bridgehead atoms. The fraction of sp³-hybridized carbons (Fsp3) is 0.689. The first kappa shape index (κ1) is 63.3. The van der Waals surface area contributed by atoms with E-state index in [0.29, 0.717) is 19.3 Å². The standard InChI is InChI=1S/C61H102O6/c1-4-7-10-13-16-19-22-25-28-30-33-36-39-42-45-48-51-54-60(63)66-57-58(56-65-59(62)53-50-47-44-41-38-35-32-27-24-21-18-15-12-9-6-3)67-61(64)55-52-49-46-43-40-37-34-31-29-26-23-20-17-14-11-8-5-2/h7,10,16-17,19-20,25-26,28-29,33-34,36-37,42,45,58H,4-6,8-9,11-15,18,21-24,27,30-32,35,38-41,43-44,46-57H2,1-3H3/b10-7-,19-16-,20-17-,28-25-,29-26-,36-33-,37-34-,45-42-/t58-/m0/s1. The van der Waals surface area contributed by atoms with Crippen molar-refractivity contribution < 1.29 is 28.6 Å². The Labute approximate surface area is 413 Å². The second kappa shape index (κ2) is 54.9. The second-order valence-electron chi connectivity index (χ2n) is 18.1. The Balaban J connectivity index is 4.52. The molecule has 0 rings (SSSR count). The minimum absolute atomic E-state index is 0.103. The molecule has 1 atom stereocenters. The van der Waals surface area contributed by atoms with Crippen molar-refractivity contribution in [3.05, 3.63) is 97.2 Å². The number of carbonyl (C=O) groups is 3. The van der Waals surface area contributed by atoms with Crippen molar-refractivity contribution in [3.8, 4) is 0 Å². The maximum Gasteiger partial charge on any atom is 0.306 e. The van der Waals surface area contributed by atoms with Crippen molar-refractivity contribution in [1.82, 2.24) is 0 Å². The van der Waals surface area contributed by atoms with Gasteiger partial charge in [0.2, 0.25) is 0 Å². The number of allylic oxidation sites excluding steroid dienone is 16. The van der Waals surface area contributed by atoms with E-state index in [9.17, 15) is 14.4 Å². The van der Waals surface area contributed by atoms with Crippen molar-refractivity contribution in [1.29, 1.82) is 0 Å². The molecule has 0 aliphatic carbocycles. The van der Waals surface area contributed by atoms with Crippen LogP contribution in [0.15, 0.2) is 97.2 Å². The van der Waals surface area contributed by atoms with Gasteiger partial charge in [-0.15, -0.1) is 0 Å². The second-order valence-corrected chi connectivity index (χ2v) is 18.1. The lowest BCUT2D eigenvalue weighted by molar-refractivity contribution is -0.167. The average molecular weight is 931 g/mol. The Morgan fingerprint density at radius 1 is 0.313 bits per heavy atom. The first-order chi connectivity index (χ1) is 33.0. The summed E-state index contributed by atoms with van der Waals surface area (Å²) in [5.41, 5.74) is 0. The first-order valence-corrected chi connectivity index (χ1v) is 27.7. The highest BCUT2D eigenvalue weighted by atomic mass is 16.6. The van der Waals surface area contributed by atoms with Crippen molar-refractivity contribution in [3.63, 3.8) is 0 Å². The third kappa shape index (κ3) is 53.2. The molecule has 0 aromatic heterocycles. The van der Waals surface area contributed by atoms with Crippen molar-refractivity contribution >= 4 is 17.9 Å². The molecule has 0 unspecified atom stereocenters. The predicted molar refractivity (Wildman–Crippen MR) is 288 cm³/mol. The van der Waals surface area contributed by atoms with Gasteiger partial charge in [0.05, 0.1) is 0 Å². The number of hydrogen-bond acceptors (Lipinski definition) is 6. The van der Waals surface area contributed by atoms with E-state index >= 15 is 0 Å². The molecular weight excluding hydrogens is 829 g/mol. The van der Waals surface area contributed by atoms with Crippen LogP contribution in [0.3, 0.4) is 0 Å². The summed E-state index contributed by atoms with van der Waals surface area (Å²) in [5.74, 6) is -0.983.